The zero-order valence-corrected chi connectivity index (χ0v) is 10.3. The molecule has 17 heavy (non-hydrogen) atoms. The Morgan fingerprint density at radius 1 is 1.35 bits per heavy atom. The number of carbonyl (C=O) groups is 1. The minimum absolute atomic E-state index is 0.00639. The number of nitrogens with zero attached hydrogens (tertiary/aromatic N) is 1. The minimum atomic E-state index is -0.306. The van der Waals surface area contributed by atoms with Crippen LogP contribution in [0.2, 0.25) is 0 Å². The third kappa shape index (κ3) is 3.05. The SMILES string of the molecule is CC(C)N(CC1CC1)C(=O)c1ccc(F)cc1. The molecule has 2 nitrogen and oxygen atoms in total. The van der Waals surface area contributed by atoms with Crippen LogP contribution >= 0.6 is 0 Å². The van der Waals surface area contributed by atoms with Crippen LogP contribution in [-0.4, -0.2) is 23.4 Å². The van der Waals surface area contributed by atoms with Crippen LogP contribution in [0.4, 0.5) is 4.39 Å². The molecule has 0 spiro atoms. The smallest absolute Gasteiger partial charge is 0.254 e. The second-order valence-electron chi connectivity index (χ2n) is 5.00. The molecule has 1 aromatic carbocycles. The summed E-state index contributed by atoms with van der Waals surface area (Å²) in [6, 6.07) is 5.97. The van der Waals surface area contributed by atoms with Crippen molar-refractivity contribution in [2.45, 2.75) is 32.7 Å². The largest absolute Gasteiger partial charge is 0.336 e. The molecule has 1 aliphatic rings. The van der Waals surface area contributed by atoms with Gasteiger partial charge in [-0.1, -0.05) is 0 Å². The molecule has 1 aliphatic carbocycles. The highest BCUT2D eigenvalue weighted by Gasteiger charge is 2.28. The molecule has 92 valence electrons. The van der Waals surface area contributed by atoms with Crippen molar-refractivity contribution in [1.29, 1.82) is 0 Å². The van der Waals surface area contributed by atoms with Crippen LogP contribution in [0.3, 0.4) is 0 Å². The predicted octanol–water partition coefficient (Wildman–Crippen LogP) is 3.09. The van der Waals surface area contributed by atoms with Crippen molar-refractivity contribution < 1.29 is 9.18 Å². The van der Waals surface area contributed by atoms with E-state index in [4.69, 9.17) is 0 Å². The summed E-state index contributed by atoms with van der Waals surface area (Å²) in [5.41, 5.74) is 0.570. The molecule has 0 aliphatic heterocycles. The van der Waals surface area contributed by atoms with E-state index in [9.17, 15) is 9.18 Å². The molecule has 0 heterocycles. The first-order valence-electron chi connectivity index (χ1n) is 6.14. The minimum Gasteiger partial charge on any atom is -0.336 e. The van der Waals surface area contributed by atoms with Crippen molar-refractivity contribution in [3.05, 3.63) is 35.6 Å². The Balaban J connectivity index is 2.11. The second kappa shape index (κ2) is 4.86. The number of rotatable bonds is 4. The highest BCUT2D eigenvalue weighted by atomic mass is 19.1. The molecule has 3 heteroatoms. The summed E-state index contributed by atoms with van der Waals surface area (Å²) in [4.78, 5) is 14.1. The summed E-state index contributed by atoms with van der Waals surface area (Å²) in [6.07, 6.45) is 2.44. The van der Waals surface area contributed by atoms with Gasteiger partial charge >= 0.3 is 0 Å². The van der Waals surface area contributed by atoms with E-state index in [1.807, 2.05) is 18.7 Å². The molecule has 1 fully saturated rings. The lowest BCUT2D eigenvalue weighted by Crippen LogP contribution is -2.38. The molecule has 1 aromatic rings. The highest BCUT2D eigenvalue weighted by Crippen LogP contribution is 2.30. The molecular formula is C14H18FNO. The molecule has 0 aromatic heterocycles. The Kier molecular flexibility index (Phi) is 3.46. The zero-order chi connectivity index (χ0) is 12.4. The molecule has 0 unspecified atom stereocenters. The summed E-state index contributed by atoms with van der Waals surface area (Å²) >= 11 is 0. The Bertz CT molecular complexity index is 395. The van der Waals surface area contributed by atoms with Crippen LogP contribution < -0.4 is 0 Å². The summed E-state index contributed by atoms with van der Waals surface area (Å²) in [6.45, 7) is 4.86. The molecular weight excluding hydrogens is 217 g/mol. The van der Waals surface area contributed by atoms with Gasteiger partial charge in [-0.3, -0.25) is 4.79 Å². The van der Waals surface area contributed by atoms with Crippen LogP contribution in [0.15, 0.2) is 24.3 Å². The van der Waals surface area contributed by atoms with E-state index in [2.05, 4.69) is 0 Å². The van der Waals surface area contributed by atoms with Gasteiger partial charge in [-0.2, -0.15) is 0 Å². The van der Waals surface area contributed by atoms with E-state index in [0.29, 0.717) is 11.5 Å². The molecule has 2 rings (SSSR count). The lowest BCUT2D eigenvalue weighted by molar-refractivity contribution is 0.0696. The van der Waals surface area contributed by atoms with Crippen molar-refractivity contribution in [3.63, 3.8) is 0 Å². The van der Waals surface area contributed by atoms with Crippen LogP contribution in [0.1, 0.15) is 37.0 Å². The van der Waals surface area contributed by atoms with Gasteiger partial charge in [0, 0.05) is 18.2 Å². The van der Waals surface area contributed by atoms with E-state index >= 15 is 0 Å². The van der Waals surface area contributed by atoms with Crippen molar-refractivity contribution in [1.82, 2.24) is 4.90 Å². The number of amides is 1. The fourth-order valence-corrected chi connectivity index (χ4v) is 1.87. The van der Waals surface area contributed by atoms with Crippen molar-refractivity contribution in [3.8, 4) is 0 Å². The molecule has 1 saturated carbocycles. The van der Waals surface area contributed by atoms with Crippen LogP contribution in [0.5, 0.6) is 0 Å². The standard InChI is InChI=1S/C14H18FNO/c1-10(2)16(9-11-3-4-11)14(17)12-5-7-13(15)8-6-12/h5-8,10-11H,3-4,9H2,1-2H3. The molecule has 0 radical (unpaired) electrons. The van der Waals surface area contributed by atoms with Gasteiger partial charge in [-0.25, -0.2) is 4.39 Å². The summed E-state index contributed by atoms with van der Waals surface area (Å²) < 4.78 is 12.8. The van der Waals surface area contributed by atoms with Gasteiger partial charge in [-0.15, -0.1) is 0 Å². The number of carbonyl (C=O) groups excluding carboxylic acids is 1. The molecule has 0 atom stereocenters. The molecule has 0 bridgehead atoms. The fourth-order valence-electron chi connectivity index (χ4n) is 1.87. The van der Waals surface area contributed by atoms with Gasteiger partial charge in [0.05, 0.1) is 0 Å². The topological polar surface area (TPSA) is 20.3 Å². The van der Waals surface area contributed by atoms with Gasteiger partial charge < -0.3 is 4.90 Å². The first-order chi connectivity index (χ1) is 8.08. The Morgan fingerprint density at radius 2 is 1.94 bits per heavy atom. The second-order valence-corrected chi connectivity index (χ2v) is 5.00. The van der Waals surface area contributed by atoms with Gasteiger partial charge in [-0.05, 0) is 56.9 Å². The maximum Gasteiger partial charge on any atom is 0.254 e. The summed E-state index contributed by atoms with van der Waals surface area (Å²) in [5.74, 6) is 0.369. The van der Waals surface area contributed by atoms with Crippen LogP contribution in [-0.2, 0) is 0 Å². The fraction of sp³-hybridized carbons (Fsp3) is 0.500. The van der Waals surface area contributed by atoms with E-state index in [1.165, 1.54) is 25.0 Å². The van der Waals surface area contributed by atoms with Gasteiger partial charge in [0.1, 0.15) is 5.82 Å². The van der Waals surface area contributed by atoms with E-state index in [-0.39, 0.29) is 17.8 Å². The van der Waals surface area contributed by atoms with E-state index in [0.717, 1.165) is 6.54 Å². The molecule has 1 amide bonds. The Labute approximate surface area is 101 Å². The average Bonchev–Trinajstić information content (AvgIpc) is 3.09. The maximum absolute atomic E-state index is 12.8. The average molecular weight is 235 g/mol. The summed E-state index contributed by atoms with van der Waals surface area (Å²) in [5, 5.41) is 0. The van der Waals surface area contributed by atoms with Gasteiger partial charge in [0.25, 0.3) is 5.91 Å². The lowest BCUT2D eigenvalue weighted by Gasteiger charge is -2.26. The molecule has 0 saturated heterocycles. The van der Waals surface area contributed by atoms with Crippen molar-refractivity contribution in [2.24, 2.45) is 5.92 Å². The highest BCUT2D eigenvalue weighted by molar-refractivity contribution is 5.94. The first-order valence-corrected chi connectivity index (χ1v) is 6.14. The summed E-state index contributed by atoms with van der Waals surface area (Å²) in [7, 11) is 0. The quantitative estimate of drug-likeness (QED) is 0.785. The van der Waals surface area contributed by atoms with E-state index in [1.54, 1.807) is 12.1 Å². The third-order valence-electron chi connectivity index (χ3n) is 3.13. The van der Waals surface area contributed by atoms with Crippen LogP contribution in [0, 0.1) is 11.7 Å². The van der Waals surface area contributed by atoms with Crippen LogP contribution in [0.25, 0.3) is 0 Å². The first kappa shape index (κ1) is 12.1. The van der Waals surface area contributed by atoms with E-state index < -0.39 is 0 Å². The lowest BCUT2D eigenvalue weighted by atomic mass is 10.1. The van der Waals surface area contributed by atoms with Gasteiger partial charge in [0.2, 0.25) is 0 Å². The number of hydrogen-bond donors (Lipinski definition) is 0. The number of hydrogen-bond acceptors (Lipinski definition) is 1. The zero-order valence-electron chi connectivity index (χ0n) is 10.3. The number of halogens is 1. The Hall–Kier alpha value is -1.38. The monoisotopic (exact) mass is 235 g/mol. The normalized spacial score (nSPS) is 15.1. The maximum atomic E-state index is 12.8. The number of benzene rings is 1. The third-order valence-corrected chi connectivity index (χ3v) is 3.13. The predicted molar refractivity (Wildman–Crippen MR) is 65.3 cm³/mol. The Morgan fingerprint density at radius 3 is 2.41 bits per heavy atom. The molecule has 0 N–H and O–H groups in total. The van der Waals surface area contributed by atoms with Crippen molar-refractivity contribution in [2.75, 3.05) is 6.54 Å². The van der Waals surface area contributed by atoms with Crippen molar-refractivity contribution >= 4 is 5.91 Å². The van der Waals surface area contributed by atoms with Gasteiger partial charge in [0.15, 0.2) is 0 Å².